The van der Waals surface area contributed by atoms with E-state index in [-0.39, 0.29) is 0 Å². The molecule has 2 unspecified atom stereocenters. The second kappa shape index (κ2) is 6.62. The van der Waals surface area contributed by atoms with E-state index in [0.717, 1.165) is 35.6 Å². The summed E-state index contributed by atoms with van der Waals surface area (Å²) in [6.45, 7) is 5.53. The zero-order chi connectivity index (χ0) is 13.8. The number of hydrogen-bond donors (Lipinski definition) is 1. The van der Waals surface area contributed by atoms with E-state index in [0.29, 0.717) is 6.04 Å². The average molecular weight is 282 g/mol. The highest BCUT2D eigenvalue weighted by molar-refractivity contribution is 6.30. The lowest BCUT2D eigenvalue weighted by molar-refractivity contribution is 0.167. The third-order valence-electron chi connectivity index (χ3n) is 4.09. The van der Waals surface area contributed by atoms with Crippen molar-refractivity contribution in [1.82, 2.24) is 5.32 Å². The van der Waals surface area contributed by atoms with Crippen molar-refractivity contribution in [3.05, 3.63) is 28.8 Å². The molecule has 0 aromatic heterocycles. The van der Waals surface area contributed by atoms with Crippen LogP contribution in [0.5, 0.6) is 5.75 Å². The van der Waals surface area contributed by atoms with Gasteiger partial charge in [0.2, 0.25) is 0 Å². The molecule has 1 N–H and O–H groups in total. The predicted molar refractivity (Wildman–Crippen MR) is 81.1 cm³/mol. The molecule has 2 rings (SSSR count). The molecule has 1 fully saturated rings. The molecule has 2 atom stereocenters. The van der Waals surface area contributed by atoms with Crippen LogP contribution in [-0.2, 0) is 6.42 Å². The molecular weight excluding hydrogens is 258 g/mol. The number of rotatable bonds is 6. The van der Waals surface area contributed by atoms with Gasteiger partial charge < -0.3 is 10.1 Å². The lowest BCUT2D eigenvalue weighted by Gasteiger charge is -2.37. The Labute approximate surface area is 121 Å². The summed E-state index contributed by atoms with van der Waals surface area (Å²) in [5.41, 5.74) is 1.24. The van der Waals surface area contributed by atoms with Crippen molar-refractivity contribution in [2.75, 3.05) is 13.7 Å². The van der Waals surface area contributed by atoms with Gasteiger partial charge in [0.1, 0.15) is 5.75 Å². The molecule has 1 aliphatic rings. The van der Waals surface area contributed by atoms with Crippen molar-refractivity contribution < 1.29 is 4.74 Å². The zero-order valence-electron chi connectivity index (χ0n) is 12.1. The topological polar surface area (TPSA) is 21.3 Å². The van der Waals surface area contributed by atoms with Crippen molar-refractivity contribution in [3.8, 4) is 5.75 Å². The summed E-state index contributed by atoms with van der Waals surface area (Å²) in [6.07, 6.45) is 3.74. The Balaban J connectivity index is 1.95. The number of ether oxygens (including phenoxy) is 1. The highest BCUT2D eigenvalue weighted by Crippen LogP contribution is 2.38. The molecule has 2 nitrogen and oxygen atoms in total. The van der Waals surface area contributed by atoms with E-state index in [1.165, 1.54) is 18.4 Å². The quantitative estimate of drug-likeness (QED) is 0.853. The minimum absolute atomic E-state index is 0.571. The monoisotopic (exact) mass is 281 g/mol. The van der Waals surface area contributed by atoms with Gasteiger partial charge in [0.05, 0.1) is 7.11 Å². The number of methoxy groups -OCH3 is 1. The highest BCUT2D eigenvalue weighted by atomic mass is 35.5. The van der Waals surface area contributed by atoms with E-state index in [1.54, 1.807) is 7.11 Å². The van der Waals surface area contributed by atoms with E-state index in [2.05, 4.69) is 19.2 Å². The fourth-order valence-corrected chi connectivity index (χ4v) is 2.95. The third kappa shape index (κ3) is 3.87. The maximum atomic E-state index is 6.09. The standard InChI is InChI=1S/C16H24ClNO/c1-11(2)18-10-13-5-4-12(13)8-14-9-15(17)6-7-16(14)19-3/h6-7,9,11-13,18H,4-5,8,10H2,1-3H3. The summed E-state index contributed by atoms with van der Waals surface area (Å²) in [4.78, 5) is 0. The van der Waals surface area contributed by atoms with Crippen molar-refractivity contribution in [1.29, 1.82) is 0 Å². The number of hydrogen-bond acceptors (Lipinski definition) is 2. The van der Waals surface area contributed by atoms with Gasteiger partial charge in [0, 0.05) is 11.1 Å². The Kier molecular flexibility index (Phi) is 5.12. The van der Waals surface area contributed by atoms with Gasteiger partial charge in [0.15, 0.2) is 0 Å². The number of halogens is 1. The molecule has 0 bridgehead atoms. The van der Waals surface area contributed by atoms with Crippen LogP contribution < -0.4 is 10.1 Å². The van der Waals surface area contributed by atoms with Crippen molar-refractivity contribution >= 4 is 11.6 Å². The van der Waals surface area contributed by atoms with Crippen LogP contribution in [-0.4, -0.2) is 19.7 Å². The summed E-state index contributed by atoms with van der Waals surface area (Å²) >= 11 is 6.09. The molecule has 0 amide bonds. The van der Waals surface area contributed by atoms with Gasteiger partial charge in [-0.3, -0.25) is 0 Å². The molecule has 0 heterocycles. The minimum atomic E-state index is 0.571. The first-order chi connectivity index (χ1) is 9.10. The van der Waals surface area contributed by atoms with Gasteiger partial charge in [-0.25, -0.2) is 0 Å². The molecular formula is C16H24ClNO. The summed E-state index contributed by atoms with van der Waals surface area (Å²) in [7, 11) is 1.73. The Bertz CT molecular complexity index is 419. The molecule has 0 saturated heterocycles. The minimum Gasteiger partial charge on any atom is -0.496 e. The van der Waals surface area contributed by atoms with Crippen LogP contribution in [0, 0.1) is 11.8 Å². The van der Waals surface area contributed by atoms with Gasteiger partial charge in [-0.15, -0.1) is 0 Å². The van der Waals surface area contributed by atoms with E-state index in [9.17, 15) is 0 Å². The summed E-state index contributed by atoms with van der Waals surface area (Å²) < 4.78 is 5.43. The van der Waals surface area contributed by atoms with Gasteiger partial charge in [-0.2, -0.15) is 0 Å². The molecule has 106 valence electrons. The molecule has 1 aliphatic carbocycles. The molecule has 0 aliphatic heterocycles. The first kappa shape index (κ1) is 14.7. The summed E-state index contributed by atoms with van der Waals surface area (Å²) in [5.74, 6) is 2.52. The smallest absolute Gasteiger partial charge is 0.122 e. The van der Waals surface area contributed by atoms with E-state index < -0.39 is 0 Å². The normalized spacial score (nSPS) is 22.4. The van der Waals surface area contributed by atoms with E-state index in [1.807, 2.05) is 18.2 Å². The maximum absolute atomic E-state index is 6.09. The fraction of sp³-hybridized carbons (Fsp3) is 0.625. The molecule has 1 aromatic carbocycles. The average Bonchev–Trinajstić information content (AvgIpc) is 2.34. The lowest BCUT2D eigenvalue weighted by Crippen LogP contribution is -2.38. The second-order valence-electron chi connectivity index (χ2n) is 5.82. The molecule has 0 spiro atoms. The maximum Gasteiger partial charge on any atom is 0.122 e. The van der Waals surface area contributed by atoms with Crippen molar-refractivity contribution in [3.63, 3.8) is 0 Å². The van der Waals surface area contributed by atoms with Crippen LogP contribution in [0.1, 0.15) is 32.3 Å². The van der Waals surface area contributed by atoms with E-state index in [4.69, 9.17) is 16.3 Å². The van der Waals surface area contributed by atoms with Crippen molar-refractivity contribution in [2.45, 2.75) is 39.2 Å². The predicted octanol–water partition coefficient (Wildman–Crippen LogP) is 3.92. The van der Waals surface area contributed by atoms with Crippen LogP contribution in [0.25, 0.3) is 0 Å². The van der Waals surface area contributed by atoms with Crippen LogP contribution in [0.15, 0.2) is 18.2 Å². The number of benzene rings is 1. The lowest BCUT2D eigenvalue weighted by atomic mass is 9.70. The number of nitrogens with one attached hydrogen (secondary N) is 1. The largest absolute Gasteiger partial charge is 0.496 e. The van der Waals surface area contributed by atoms with Crippen LogP contribution >= 0.6 is 11.6 Å². The Morgan fingerprint density at radius 1 is 1.32 bits per heavy atom. The zero-order valence-corrected chi connectivity index (χ0v) is 12.8. The summed E-state index contributed by atoms with van der Waals surface area (Å²) in [6, 6.07) is 6.48. The van der Waals surface area contributed by atoms with Crippen LogP contribution in [0.2, 0.25) is 5.02 Å². The van der Waals surface area contributed by atoms with Gasteiger partial charge in [-0.1, -0.05) is 25.4 Å². The summed E-state index contributed by atoms with van der Waals surface area (Å²) in [5, 5.41) is 4.34. The van der Waals surface area contributed by atoms with Gasteiger partial charge in [-0.05, 0) is 61.4 Å². The fourth-order valence-electron chi connectivity index (χ4n) is 2.75. The molecule has 19 heavy (non-hydrogen) atoms. The van der Waals surface area contributed by atoms with E-state index >= 15 is 0 Å². The molecule has 3 heteroatoms. The second-order valence-corrected chi connectivity index (χ2v) is 6.26. The van der Waals surface area contributed by atoms with Gasteiger partial charge in [0.25, 0.3) is 0 Å². The van der Waals surface area contributed by atoms with Crippen LogP contribution in [0.3, 0.4) is 0 Å². The third-order valence-corrected chi connectivity index (χ3v) is 4.32. The Hall–Kier alpha value is -0.730. The van der Waals surface area contributed by atoms with Crippen molar-refractivity contribution in [2.24, 2.45) is 11.8 Å². The molecule has 1 aromatic rings. The first-order valence-electron chi connectivity index (χ1n) is 7.16. The van der Waals surface area contributed by atoms with Gasteiger partial charge >= 0.3 is 0 Å². The first-order valence-corrected chi connectivity index (χ1v) is 7.53. The highest BCUT2D eigenvalue weighted by Gasteiger charge is 2.31. The molecule has 0 radical (unpaired) electrons. The van der Waals surface area contributed by atoms with Crippen LogP contribution in [0.4, 0.5) is 0 Å². The SMILES string of the molecule is COc1ccc(Cl)cc1CC1CCC1CNC(C)C. The molecule has 1 saturated carbocycles. The Morgan fingerprint density at radius 2 is 2.05 bits per heavy atom. The Morgan fingerprint density at radius 3 is 2.63 bits per heavy atom.